The summed E-state index contributed by atoms with van der Waals surface area (Å²) in [7, 11) is 0. The van der Waals surface area contributed by atoms with Crippen LogP contribution in [0.5, 0.6) is 0 Å². The summed E-state index contributed by atoms with van der Waals surface area (Å²) >= 11 is 1.43. The quantitative estimate of drug-likeness (QED) is 0.755. The molecule has 1 atom stereocenters. The molecule has 0 amide bonds. The van der Waals surface area contributed by atoms with Crippen LogP contribution in [-0.4, -0.2) is 21.9 Å². The molecule has 1 aromatic heterocycles. The van der Waals surface area contributed by atoms with Crippen molar-refractivity contribution in [3.05, 3.63) is 5.82 Å². The highest BCUT2D eigenvalue weighted by Crippen LogP contribution is 2.14. The minimum Gasteiger partial charge on any atom is -0.358 e. The Hall–Kier alpha value is -0.680. The zero-order chi connectivity index (χ0) is 10.4. The summed E-state index contributed by atoms with van der Waals surface area (Å²) in [6.07, 6.45) is 2.95. The van der Waals surface area contributed by atoms with Crippen LogP contribution in [0.4, 0.5) is 5.13 Å². The first-order valence-electron chi connectivity index (χ1n) is 5.09. The standard InChI is InChI=1S/C9H18N4S/c1-3-7(5-6-10)11-9-12-8(4-2)13-14-9/h7H,3-6,10H2,1-2H3,(H,11,12,13). The van der Waals surface area contributed by atoms with E-state index in [2.05, 4.69) is 28.5 Å². The summed E-state index contributed by atoms with van der Waals surface area (Å²) in [6, 6.07) is 0.428. The Morgan fingerprint density at radius 2 is 2.29 bits per heavy atom. The van der Waals surface area contributed by atoms with E-state index < -0.39 is 0 Å². The van der Waals surface area contributed by atoms with Crippen LogP contribution in [0.1, 0.15) is 32.5 Å². The van der Waals surface area contributed by atoms with Gasteiger partial charge in [0.2, 0.25) is 5.13 Å². The molecule has 0 aliphatic rings. The Bertz CT molecular complexity index is 261. The van der Waals surface area contributed by atoms with E-state index in [1.54, 1.807) is 0 Å². The second kappa shape index (κ2) is 5.93. The van der Waals surface area contributed by atoms with Gasteiger partial charge in [-0.15, -0.1) is 0 Å². The molecule has 80 valence electrons. The van der Waals surface area contributed by atoms with Gasteiger partial charge >= 0.3 is 0 Å². The lowest BCUT2D eigenvalue weighted by Gasteiger charge is -2.13. The normalized spacial score (nSPS) is 12.8. The van der Waals surface area contributed by atoms with E-state index in [1.807, 2.05) is 0 Å². The van der Waals surface area contributed by atoms with Crippen molar-refractivity contribution in [2.24, 2.45) is 5.73 Å². The molecule has 0 aliphatic carbocycles. The minimum absolute atomic E-state index is 0.428. The van der Waals surface area contributed by atoms with Crippen LogP contribution >= 0.6 is 11.5 Å². The highest BCUT2D eigenvalue weighted by Gasteiger charge is 2.08. The van der Waals surface area contributed by atoms with Crippen LogP contribution in [0.15, 0.2) is 0 Å². The molecule has 0 radical (unpaired) electrons. The Balaban J connectivity index is 2.48. The Labute approximate surface area is 89.1 Å². The number of hydrogen-bond acceptors (Lipinski definition) is 5. The van der Waals surface area contributed by atoms with Crippen molar-refractivity contribution in [1.29, 1.82) is 0 Å². The number of rotatable bonds is 6. The number of nitrogens with two attached hydrogens (primary N) is 1. The first-order chi connectivity index (χ1) is 6.80. The highest BCUT2D eigenvalue weighted by atomic mass is 32.1. The number of anilines is 1. The summed E-state index contributed by atoms with van der Waals surface area (Å²) in [5.41, 5.74) is 5.52. The van der Waals surface area contributed by atoms with Crippen LogP contribution in [0.3, 0.4) is 0 Å². The molecule has 1 heterocycles. The van der Waals surface area contributed by atoms with Crippen molar-refractivity contribution in [3.8, 4) is 0 Å². The fourth-order valence-corrected chi connectivity index (χ4v) is 1.94. The third kappa shape index (κ3) is 3.23. The molecule has 3 N–H and O–H groups in total. The smallest absolute Gasteiger partial charge is 0.202 e. The molecule has 0 saturated carbocycles. The summed E-state index contributed by atoms with van der Waals surface area (Å²) in [6.45, 7) is 4.92. The third-order valence-electron chi connectivity index (χ3n) is 2.12. The molecule has 0 saturated heterocycles. The average Bonchev–Trinajstić information content (AvgIpc) is 2.65. The van der Waals surface area contributed by atoms with E-state index in [1.165, 1.54) is 11.5 Å². The van der Waals surface area contributed by atoms with E-state index in [4.69, 9.17) is 5.73 Å². The van der Waals surface area contributed by atoms with Gasteiger partial charge in [-0.3, -0.25) is 0 Å². The molecule has 0 bridgehead atoms. The summed E-state index contributed by atoms with van der Waals surface area (Å²) in [4.78, 5) is 4.35. The van der Waals surface area contributed by atoms with Crippen molar-refractivity contribution in [2.75, 3.05) is 11.9 Å². The van der Waals surface area contributed by atoms with Gasteiger partial charge in [-0.1, -0.05) is 13.8 Å². The summed E-state index contributed by atoms with van der Waals surface area (Å²) in [5.74, 6) is 0.917. The molecule has 0 spiro atoms. The SMILES string of the molecule is CCc1nsc(NC(CC)CCN)n1. The molecular formula is C9H18N4S. The van der Waals surface area contributed by atoms with Crippen LogP contribution in [0.25, 0.3) is 0 Å². The minimum atomic E-state index is 0.428. The second-order valence-corrected chi connectivity index (χ2v) is 3.95. The molecule has 1 rings (SSSR count). The van der Waals surface area contributed by atoms with Gasteiger partial charge in [0.1, 0.15) is 5.82 Å². The van der Waals surface area contributed by atoms with Crippen molar-refractivity contribution in [1.82, 2.24) is 9.36 Å². The molecule has 4 nitrogen and oxygen atoms in total. The number of aryl methyl sites for hydroxylation is 1. The van der Waals surface area contributed by atoms with Gasteiger partial charge in [0.25, 0.3) is 0 Å². The Morgan fingerprint density at radius 3 is 2.79 bits per heavy atom. The Morgan fingerprint density at radius 1 is 1.50 bits per heavy atom. The molecule has 14 heavy (non-hydrogen) atoms. The maximum absolute atomic E-state index is 5.52. The lowest BCUT2D eigenvalue weighted by molar-refractivity contribution is 0.641. The van der Waals surface area contributed by atoms with E-state index in [0.717, 1.165) is 30.2 Å². The van der Waals surface area contributed by atoms with Crippen molar-refractivity contribution in [3.63, 3.8) is 0 Å². The summed E-state index contributed by atoms with van der Waals surface area (Å²) < 4.78 is 4.22. The fraction of sp³-hybridized carbons (Fsp3) is 0.778. The first-order valence-corrected chi connectivity index (χ1v) is 5.86. The van der Waals surface area contributed by atoms with Crippen LogP contribution in [0, 0.1) is 0 Å². The lowest BCUT2D eigenvalue weighted by atomic mass is 10.1. The summed E-state index contributed by atoms with van der Waals surface area (Å²) in [5, 5.41) is 4.27. The van der Waals surface area contributed by atoms with Crippen molar-refractivity contribution < 1.29 is 0 Å². The topological polar surface area (TPSA) is 63.8 Å². The van der Waals surface area contributed by atoms with E-state index in [-0.39, 0.29) is 0 Å². The monoisotopic (exact) mass is 214 g/mol. The van der Waals surface area contributed by atoms with E-state index in [0.29, 0.717) is 12.6 Å². The van der Waals surface area contributed by atoms with Crippen molar-refractivity contribution in [2.45, 2.75) is 39.2 Å². The maximum atomic E-state index is 5.52. The molecular weight excluding hydrogens is 196 g/mol. The van der Waals surface area contributed by atoms with Crippen molar-refractivity contribution >= 4 is 16.7 Å². The molecule has 1 unspecified atom stereocenters. The fourth-order valence-electron chi connectivity index (χ4n) is 1.21. The van der Waals surface area contributed by atoms with Gasteiger partial charge in [0.15, 0.2) is 0 Å². The van der Waals surface area contributed by atoms with Gasteiger partial charge in [0.05, 0.1) is 0 Å². The molecule has 0 aliphatic heterocycles. The second-order valence-electron chi connectivity index (χ2n) is 3.20. The van der Waals surface area contributed by atoms with Crippen LogP contribution < -0.4 is 11.1 Å². The van der Waals surface area contributed by atoms with E-state index in [9.17, 15) is 0 Å². The largest absolute Gasteiger partial charge is 0.358 e. The van der Waals surface area contributed by atoms with Gasteiger partial charge in [-0.05, 0) is 19.4 Å². The molecule has 0 aromatic carbocycles. The third-order valence-corrected chi connectivity index (χ3v) is 2.80. The van der Waals surface area contributed by atoms with Crippen LogP contribution in [-0.2, 0) is 6.42 Å². The average molecular weight is 214 g/mol. The Kier molecular flexibility index (Phi) is 4.82. The zero-order valence-corrected chi connectivity index (χ0v) is 9.60. The number of aromatic nitrogens is 2. The van der Waals surface area contributed by atoms with Gasteiger partial charge in [-0.25, -0.2) is 4.98 Å². The van der Waals surface area contributed by atoms with E-state index >= 15 is 0 Å². The van der Waals surface area contributed by atoms with Crippen LogP contribution in [0.2, 0.25) is 0 Å². The van der Waals surface area contributed by atoms with Gasteiger partial charge < -0.3 is 11.1 Å². The zero-order valence-electron chi connectivity index (χ0n) is 8.79. The van der Waals surface area contributed by atoms with Gasteiger partial charge in [-0.2, -0.15) is 4.37 Å². The highest BCUT2D eigenvalue weighted by molar-refractivity contribution is 7.09. The predicted octanol–water partition coefficient (Wildman–Crippen LogP) is 1.64. The number of nitrogens with one attached hydrogen (secondary N) is 1. The lowest BCUT2D eigenvalue weighted by Crippen LogP contribution is -2.22. The predicted molar refractivity (Wildman–Crippen MR) is 60.7 cm³/mol. The first kappa shape index (κ1) is 11.4. The molecule has 5 heteroatoms. The van der Waals surface area contributed by atoms with Gasteiger partial charge in [0, 0.05) is 24.0 Å². The molecule has 0 fully saturated rings. The number of hydrogen-bond donors (Lipinski definition) is 2. The molecule has 1 aromatic rings. The number of nitrogens with zero attached hydrogens (tertiary/aromatic N) is 2. The maximum Gasteiger partial charge on any atom is 0.202 e.